The van der Waals surface area contributed by atoms with E-state index in [4.69, 9.17) is 18.9 Å². The second kappa shape index (κ2) is 9.61. The Balaban J connectivity index is 2.24. The molecule has 1 aliphatic rings. The van der Waals surface area contributed by atoms with Crippen molar-refractivity contribution in [2.45, 2.75) is 6.04 Å². The maximum Gasteiger partial charge on any atom is 0.295 e. The quantitative estimate of drug-likeness (QED) is 0.362. The molecule has 1 saturated heterocycles. The Morgan fingerprint density at radius 2 is 1.53 bits per heavy atom. The third-order valence-corrected chi connectivity index (χ3v) is 5.25. The summed E-state index contributed by atoms with van der Waals surface area (Å²) in [5, 5.41) is 20.5. The zero-order chi connectivity index (χ0) is 23.4. The molecule has 1 atom stereocenters. The number of benzene rings is 2. The van der Waals surface area contributed by atoms with Crippen molar-refractivity contribution in [1.82, 2.24) is 4.90 Å². The highest BCUT2D eigenvalue weighted by Gasteiger charge is 2.46. The van der Waals surface area contributed by atoms with E-state index in [1.807, 2.05) is 0 Å². The molecule has 1 aliphatic heterocycles. The molecule has 0 aliphatic carbocycles. The Morgan fingerprint density at radius 3 is 2.00 bits per heavy atom. The smallest absolute Gasteiger partial charge is 0.295 e. The second-order valence-electron chi connectivity index (χ2n) is 6.90. The monoisotopic (exact) mass is 443 g/mol. The zero-order valence-corrected chi connectivity index (χ0v) is 18.2. The van der Waals surface area contributed by atoms with Gasteiger partial charge in [0.05, 0.1) is 46.7 Å². The molecule has 1 unspecified atom stereocenters. The van der Waals surface area contributed by atoms with Gasteiger partial charge in [-0.05, 0) is 42.0 Å². The largest absolute Gasteiger partial charge is 0.507 e. The lowest BCUT2D eigenvalue weighted by Crippen LogP contribution is -2.32. The average Bonchev–Trinajstić information content (AvgIpc) is 3.07. The van der Waals surface area contributed by atoms with Crippen molar-refractivity contribution in [1.29, 1.82) is 0 Å². The molecule has 170 valence electrons. The van der Waals surface area contributed by atoms with Crippen molar-refractivity contribution in [3.63, 3.8) is 0 Å². The number of nitrogens with zero attached hydrogens (tertiary/aromatic N) is 1. The van der Waals surface area contributed by atoms with E-state index >= 15 is 0 Å². The standard InChI is InChI=1S/C23H25NO8/c1-29-15-7-5-13(6-8-15)20(26)18-19(24(9-10-25)23(28)21(18)27)14-11-16(30-2)22(32-4)17(12-14)31-3/h5-8,11-12,19,25-26H,9-10H2,1-4H3/b20-18-. The fourth-order valence-electron chi connectivity index (χ4n) is 3.73. The number of carbonyl (C=O) groups is 2. The van der Waals surface area contributed by atoms with Crippen LogP contribution < -0.4 is 18.9 Å². The maximum atomic E-state index is 12.9. The zero-order valence-electron chi connectivity index (χ0n) is 18.2. The van der Waals surface area contributed by atoms with Crippen LogP contribution in [0.3, 0.4) is 0 Å². The molecule has 32 heavy (non-hydrogen) atoms. The van der Waals surface area contributed by atoms with Gasteiger partial charge in [0.15, 0.2) is 11.5 Å². The van der Waals surface area contributed by atoms with Gasteiger partial charge in [0.25, 0.3) is 11.7 Å². The Hall–Kier alpha value is -3.72. The molecular weight excluding hydrogens is 418 g/mol. The van der Waals surface area contributed by atoms with E-state index in [2.05, 4.69) is 0 Å². The normalized spacial score (nSPS) is 17.4. The van der Waals surface area contributed by atoms with Crippen molar-refractivity contribution in [3.8, 4) is 23.0 Å². The van der Waals surface area contributed by atoms with Crippen molar-refractivity contribution in [2.24, 2.45) is 0 Å². The van der Waals surface area contributed by atoms with Gasteiger partial charge in [0.1, 0.15) is 11.5 Å². The van der Waals surface area contributed by atoms with Gasteiger partial charge in [-0.3, -0.25) is 9.59 Å². The van der Waals surface area contributed by atoms with Gasteiger partial charge < -0.3 is 34.1 Å². The topological polar surface area (TPSA) is 115 Å². The first kappa shape index (κ1) is 23.0. The van der Waals surface area contributed by atoms with Crippen LogP contribution in [0.2, 0.25) is 0 Å². The van der Waals surface area contributed by atoms with Crippen LogP contribution in [0, 0.1) is 0 Å². The maximum absolute atomic E-state index is 12.9. The van der Waals surface area contributed by atoms with Gasteiger partial charge in [-0.25, -0.2) is 0 Å². The number of hydrogen-bond acceptors (Lipinski definition) is 8. The SMILES string of the molecule is COc1ccc(/C(O)=C2/C(=O)C(=O)N(CCO)C2c2cc(OC)c(OC)c(OC)c2)cc1. The van der Waals surface area contributed by atoms with Gasteiger partial charge in [0, 0.05) is 12.1 Å². The minimum Gasteiger partial charge on any atom is -0.507 e. The van der Waals surface area contributed by atoms with Crippen molar-refractivity contribution < 1.29 is 38.7 Å². The number of hydrogen-bond donors (Lipinski definition) is 2. The predicted octanol–water partition coefficient (Wildman–Crippen LogP) is 2.14. The Morgan fingerprint density at radius 1 is 0.938 bits per heavy atom. The molecule has 1 heterocycles. The summed E-state index contributed by atoms with van der Waals surface area (Å²) in [6, 6.07) is 8.66. The molecule has 9 heteroatoms. The highest BCUT2D eigenvalue weighted by Crippen LogP contribution is 2.45. The number of ketones is 1. The molecule has 1 fully saturated rings. The molecule has 0 bridgehead atoms. The first-order valence-electron chi connectivity index (χ1n) is 9.75. The molecule has 0 radical (unpaired) electrons. The summed E-state index contributed by atoms with van der Waals surface area (Å²) in [5.74, 6) is -0.471. The van der Waals surface area contributed by atoms with E-state index in [1.54, 1.807) is 36.4 Å². The molecule has 2 N–H and O–H groups in total. The lowest BCUT2D eigenvalue weighted by Gasteiger charge is -2.26. The summed E-state index contributed by atoms with van der Waals surface area (Å²) in [7, 11) is 5.87. The molecule has 3 rings (SSSR count). The van der Waals surface area contributed by atoms with E-state index in [0.717, 1.165) is 0 Å². The van der Waals surface area contributed by atoms with Gasteiger partial charge in [-0.1, -0.05) is 0 Å². The van der Waals surface area contributed by atoms with E-state index in [9.17, 15) is 19.8 Å². The molecule has 2 aromatic rings. The third kappa shape index (κ3) is 3.94. The molecule has 1 amide bonds. The van der Waals surface area contributed by atoms with Crippen LogP contribution in [-0.4, -0.2) is 68.4 Å². The Labute approximate surface area is 185 Å². The highest BCUT2D eigenvalue weighted by atomic mass is 16.5. The Bertz CT molecular complexity index is 1020. The molecule has 9 nitrogen and oxygen atoms in total. The van der Waals surface area contributed by atoms with Crippen LogP contribution in [0.15, 0.2) is 42.0 Å². The van der Waals surface area contributed by atoms with Crippen LogP contribution >= 0.6 is 0 Å². The van der Waals surface area contributed by atoms with E-state index < -0.39 is 17.7 Å². The summed E-state index contributed by atoms with van der Waals surface area (Å²) in [4.78, 5) is 26.9. The molecule has 0 spiro atoms. The van der Waals surface area contributed by atoms with Crippen molar-refractivity contribution in [3.05, 3.63) is 53.1 Å². The van der Waals surface area contributed by atoms with Crippen LogP contribution in [0.4, 0.5) is 0 Å². The van der Waals surface area contributed by atoms with E-state index in [0.29, 0.717) is 34.1 Å². The fraction of sp³-hybridized carbons (Fsp3) is 0.304. The van der Waals surface area contributed by atoms with Crippen molar-refractivity contribution >= 4 is 17.4 Å². The number of β-amino-alcohol motifs (C(OH)–C–C–N with tert-alkyl or cyclic N) is 1. The molecule has 2 aromatic carbocycles. The first-order valence-corrected chi connectivity index (χ1v) is 9.75. The number of amides is 1. The van der Waals surface area contributed by atoms with Gasteiger partial charge in [0.2, 0.25) is 5.75 Å². The lowest BCUT2D eigenvalue weighted by atomic mass is 9.94. The number of likely N-dealkylation sites (tertiary alicyclic amines) is 1. The fourth-order valence-corrected chi connectivity index (χ4v) is 3.73. The van der Waals surface area contributed by atoms with Crippen LogP contribution in [0.25, 0.3) is 5.76 Å². The van der Waals surface area contributed by atoms with Crippen molar-refractivity contribution in [2.75, 3.05) is 41.6 Å². The third-order valence-electron chi connectivity index (χ3n) is 5.25. The lowest BCUT2D eigenvalue weighted by molar-refractivity contribution is -0.140. The minimum absolute atomic E-state index is 0.106. The van der Waals surface area contributed by atoms with Gasteiger partial charge >= 0.3 is 0 Å². The minimum atomic E-state index is -0.974. The van der Waals surface area contributed by atoms with E-state index in [-0.39, 0.29) is 24.5 Å². The highest BCUT2D eigenvalue weighted by molar-refractivity contribution is 6.46. The summed E-state index contributed by atoms with van der Waals surface area (Å²) >= 11 is 0. The summed E-state index contributed by atoms with van der Waals surface area (Å²) in [5.41, 5.74) is 0.676. The first-order chi connectivity index (χ1) is 15.4. The van der Waals surface area contributed by atoms with E-state index in [1.165, 1.54) is 33.3 Å². The number of aliphatic hydroxyl groups excluding tert-OH is 2. The molecular formula is C23H25NO8. The molecule has 0 saturated carbocycles. The van der Waals surface area contributed by atoms with Crippen LogP contribution in [0.5, 0.6) is 23.0 Å². The van der Waals surface area contributed by atoms with Gasteiger partial charge in [-0.2, -0.15) is 0 Å². The average molecular weight is 443 g/mol. The number of methoxy groups -OCH3 is 4. The summed E-state index contributed by atoms with van der Waals surface area (Å²) in [6.07, 6.45) is 0. The van der Waals surface area contributed by atoms with Gasteiger partial charge in [-0.15, -0.1) is 0 Å². The number of Topliss-reactive ketones (excluding diaryl/α,β-unsaturated/α-hetero) is 1. The number of ether oxygens (including phenoxy) is 4. The summed E-state index contributed by atoms with van der Waals surface area (Å²) in [6.45, 7) is -0.470. The van der Waals surface area contributed by atoms with Crippen LogP contribution in [-0.2, 0) is 9.59 Å². The van der Waals surface area contributed by atoms with Crippen LogP contribution in [0.1, 0.15) is 17.2 Å². The predicted molar refractivity (Wildman–Crippen MR) is 115 cm³/mol. The number of aliphatic hydroxyl groups is 2. The second-order valence-corrected chi connectivity index (χ2v) is 6.90. The Kier molecular flexibility index (Phi) is 6.89. The number of rotatable bonds is 8. The number of carbonyl (C=O) groups excluding carboxylic acids is 2. The molecule has 0 aromatic heterocycles. The summed E-state index contributed by atoms with van der Waals surface area (Å²) < 4.78 is 21.3.